The van der Waals surface area contributed by atoms with Crippen molar-refractivity contribution >= 4 is 16.8 Å². The van der Waals surface area contributed by atoms with Crippen LogP contribution in [-0.4, -0.2) is 27.4 Å². The highest BCUT2D eigenvalue weighted by molar-refractivity contribution is 5.90. The normalized spacial score (nSPS) is 17.1. The van der Waals surface area contributed by atoms with Gasteiger partial charge in [0.15, 0.2) is 0 Å². The zero-order chi connectivity index (χ0) is 15.6. The molecule has 0 spiro atoms. The van der Waals surface area contributed by atoms with Gasteiger partial charge in [0.05, 0.1) is 12.2 Å². The fourth-order valence-corrected chi connectivity index (χ4v) is 3.54. The number of aromatic amines is 2. The van der Waals surface area contributed by atoms with Crippen LogP contribution in [-0.2, 0) is 17.6 Å². The van der Waals surface area contributed by atoms with Crippen LogP contribution in [0.2, 0.25) is 0 Å². The summed E-state index contributed by atoms with van der Waals surface area (Å²) in [5, 5.41) is 4.33. The number of hydrogen-bond donors (Lipinski definition) is 3. The second-order valence-electron chi connectivity index (χ2n) is 6.13. The molecule has 1 amide bonds. The van der Waals surface area contributed by atoms with Gasteiger partial charge in [-0.05, 0) is 30.9 Å². The minimum atomic E-state index is -0.0621. The van der Waals surface area contributed by atoms with Crippen molar-refractivity contribution in [3.63, 3.8) is 0 Å². The fraction of sp³-hybridized carbons (Fsp3) is 0.333. The Bertz CT molecular complexity index is 819. The Morgan fingerprint density at radius 1 is 1.35 bits per heavy atom. The summed E-state index contributed by atoms with van der Waals surface area (Å²) in [6.45, 7) is 0.632. The first-order valence-electron chi connectivity index (χ1n) is 8.17. The number of rotatable bonds is 4. The summed E-state index contributed by atoms with van der Waals surface area (Å²) in [5.74, 6) is 0.0601. The minimum Gasteiger partial charge on any atom is -0.357 e. The first-order valence-corrected chi connectivity index (χ1v) is 8.17. The summed E-state index contributed by atoms with van der Waals surface area (Å²) in [7, 11) is 0. The van der Waals surface area contributed by atoms with Crippen LogP contribution in [0.25, 0.3) is 10.9 Å². The number of aromatic nitrogens is 3. The molecule has 1 aromatic carbocycles. The maximum atomic E-state index is 12.6. The van der Waals surface area contributed by atoms with Crippen molar-refractivity contribution in [3.8, 4) is 0 Å². The molecule has 1 aliphatic rings. The lowest BCUT2D eigenvalue weighted by Gasteiger charge is -2.22. The van der Waals surface area contributed by atoms with Crippen LogP contribution in [0.1, 0.15) is 35.7 Å². The third-order valence-electron chi connectivity index (χ3n) is 4.68. The Hall–Kier alpha value is -2.56. The fourth-order valence-electron chi connectivity index (χ4n) is 3.54. The number of imidazole rings is 1. The molecule has 4 rings (SSSR count). The minimum absolute atomic E-state index is 0.0621. The molecule has 1 unspecified atom stereocenters. The highest BCUT2D eigenvalue weighted by Gasteiger charge is 2.29. The molecule has 118 valence electrons. The maximum absolute atomic E-state index is 12.6. The average molecular weight is 308 g/mol. The van der Waals surface area contributed by atoms with Crippen molar-refractivity contribution in [2.45, 2.75) is 31.6 Å². The van der Waals surface area contributed by atoms with E-state index in [9.17, 15) is 4.79 Å². The van der Waals surface area contributed by atoms with Crippen LogP contribution in [0, 0.1) is 0 Å². The highest BCUT2D eigenvalue weighted by Crippen LogP contribution is 2.36. The van der Waals surface area contributed by atoms with Crippen molar-refractivity contribution in [1.29, 1.82) is 0 Å². The van der Waals surface area contributed by atoms with Gasteiger partial charge in [-0.3, -0.25) is 4.79 Å². The van der Waals surface area contributed by atoms with Gasteiger partial charge in [0.2, 0.25) is 5.91 Å². The molecule has 0 saturated heterocycles. The summed E-state index contributed by atoms with van der Waals surface area (Å²) in [4.78, 5) is 23.1. The van der Waals surface area contributed by atoms with Crippen LogP contribution in [0.4, 0.5) is 0 Å². The molecular formula is C18H20N4O. The quantitative estimate of drug-likeness (QED) is 0.693. The molecule has 0 fully saturated rings. The number of para-hydroxylation sites is 1. The zero-order valence-corrected chi connectivity index (χ0v) is 12.9. The molecule has 0 aliphatic heterocycles. The van der Waals surface area contributed by atoms with E-state index in [0.717, 1.165) is 42.6 Å². The van der Waals surface area contributed by atoms with Gasteiger partial charge >= 0.3 is 0 Å². The Balaban J connectivity index is 1.50. The zero-order valence-electron chi connectivity index (χ0n) is 12.9. The first-order chi connectivity index (χ1) is 11.3. The number of H-pyrrole nitrogens is 2. The molecule has 2 heterocycles. The van der Waals surface area contributed by atoms with Gasteiger partial charge in [-0.1, -0.05) is 18.2 Å². The largest absolute Gasteiger partial charge is 0.357 e. The Morgan fingerprint density at radius 2 is 2.26 bits per heavy atom. The van der Waals surface area contributed by atoms with Gasteiger partial charge in [-0.15, -0.1) is 0 Å². The number of amides is 1. The van der Waals surface area contributed by atoms with Gasteiger partial charge in [-0.2, -0.15) is 0 Å². The lowest BCUT2D eigenvalue weighted by atomic mass is 9.86. The van der Waals surface area contributed by atoms with Crippen LogP contribution in [0.5, 0.6) is 0 Å². The van der Waals surface area contributed by atoms with Gasteiger partial charge in [0.1, 0.15) is 0 Å². The summed E-state index contributed by atoms with van der Waals surface area (Å²) < 4.78 is 0. The molecule has 0 radical (unpaired) electrons. The number of benzene rings is 1. The maximum Gasteiger partial charge on any atom is 0.229 e. The van der Waals surface area contributed by atoms with Gasteiger partial charge in [0.25, 0.3) is 0 Å². The molecule has 0 bridgehead atoms. The van der Waals surface area contributed by atoms with Crippen LogP contribution in [0.15, 0.2) is 36.8 Å². The molecule has 3 N–H and O–H groups in total. The number of carbonyl (C=O) groups is 1. The van der Waals surface area contributed by atoms with E-state index in [1.54, 1.807) is 12.5 Å². The monoisotopic (exact) mass is 308 g/mol. The van der Waals surface area contributed by atoms with Crippen molar-refractivity contribution in [2.24, 2.45) is 0 Å². The third kappa shape index (κ3) is 2.63. The van der Waals surface area contributed by atoms with Crippen molar-refractivity contribution < 1.29 is 4.79 Å². The number of nitrogens with one attached hydrogen (secondary N) is 3. The van der Waals surface area contributed by atoms with Crippen LogP contribution >= 0.6 is 0 Å². The first kappa shape index (κ1) is 14.1. The van der Waals surface area contributed by atoms with Gasteiger partial charge < -0.3 is 15.3 Å². The molecule has 1 aliphatic carbocycles. The molecule has 1 atom stereocenters. The predicted molar refractivity (Wildman–Crippen MR) is 89.3 cm³/mol. The van der Waals surface area contributed by atoms with Crippen molar-refractivity contribution in [3.05, 3.63) is 53.7 Å². The van der Waals surface area contributed by atoms with E-state index in [-0.39, 0.29) is 11.8 Å². The molecule has 5 heteroatoms. The van der Waals surface area contributed by atoms with E-state index in [2.05, 4.69) is 38.5 Å². The topological polar surface area (TPSA) is 73.6 Å². The number of aryl methyl sites for hydroxylation is 1. The van der Waals surface area contributed by atoms with E-state index < -0.39 is 0 Å². The molecule has 3 aromatic rings. The van der Waals surface area contributed by atoms with E-state index >= 15 is 0 Å². The number of carbonyl (C=O) groups excluding carboxylic acids is 1. The summed E-state index contributed by atoms with van der Waals surface area (Å²) in [6.07, 6.45) is 7.26. The standard InChI is InChI=1S/C18H20N4O/c23-18(20-9-8-12-10-19-11-21-12)15-6-3-5-14-13-4-1-2-7-16(13)22-17(14)15/h1-2,4,7,10-11,15,22H,3,5-6,8-9H2,(H,19,21)(H,20,23). The van der Waals surface area contributed by atoms with Gasteiger partial charge in [-0.25, -0.2) is 4.98 Å². The number of nitrogens with zero attached hydrogens (tertiary/aromatic N) is 1. The molecule has 0 saturated carbocycles. The van der Waals surface area contributed by atoms with Crippen molar-refractivity contribution in [1.82, 2.24) is 20.3 Å². The number of hydrogen-bond acceptors (Lipinski definition) is 2. The highest BCUT2D eigenvalue weighted by atomic mass is 16.1. The van der Waals surface area contributed by atoms with E-state index in [1.165, 1.54) is 10.9 Å². The van der Waals surface area contributed by atoms with Crippen molar-refractivity contribution in [2.75, 3.05) is 6.54 Å². The molecular weight excluding hydrogens is 288 g/mol. The average Bonchev–Trinajstić information content (AvgIpc) is 3.21. The smallest absolute Gasteiger partial charge is 0.229 e. The summed E-state index contributed by atoms with van der Waals surface area (Å²) in [5.41, 5.74) is 4.60. The predicted octanol–water partition coefficient (Wildman–Crippen LogP) is 2.67. The molecule has 5 nitrogen and oxygen atoms in total. The second kappa shape index (κ2) is 5.91. The lowest BCUT2D eigenvalue weighted by molar-refractivity contribution is -0.122. The number of fused-ring (bicyclic) bond motifs is 3. The Labute approximate surface area is 134 Å². The molecule has 2 aromatic heterocycles. The second-order valence-corrected chi connectivity index (χ2v) is 6.13. The van der Waals surface area contributed by atoms with Gasteiger partial charge in [0, 0.05) is 41.5 Å². The third-order valence-corrected chi connectivity index (χ3v) is 4.68. The van der Waals surface area contributed by atoms with Crippen LogP contribution < -0.4 is 5.32 Å². The molecule has 23 heavy (non-hydrogen) atoms. The Kier molecular flexibility index (Phi) is 3.61. The van der Waals surface area contributed by atoms with Crippen LogP contribution in [0.3, 0.4) is 0 Å². The van der Waals surface area contributed by atoms with E-state index in [0.29, 0.717) is 6.54 Å². The Morgan fingerprint density at radius 3 is 3.13 bits per heavy atom. The summed E-state index contributed by atoms with van der Waals surface area (Å²) >= 11 is 0. The van der Waals surface area contributed by atoms with E-state index in [4.69, 9.17) is 0 Å². The summed E-state index contributed by atoms with van der Waals surface area (Å²) in [6, 6.07) is 8.32. The SMILES string of the molecule is O=C(NCCc1cnc[nH]1)C1CCCc2c1[nH]c1ccccc21. The lowest BCUT2D eigenvalue weighted by Crippen LogP contribution is -2.32. The van der Waals surface area contributed by atoms with E-state index in [1.807, 2.05) is 6.07 Å².